The van der Waals surface area contributed by atoms with Crippen LogP contribution < -0.4 is 9.47 Å². The van der Waals surface area contributed by atoms with Crippen LogP contribution in [0.2, 0.25) is 0 Å². The largest absolute Gasteiger partial charge is 0.456 e. The van der Waals surface area contributed by atoms with Crippen LogP contribution in [-0.2, 0) is 0 Å². The molecule has 0 fully saturated rings. The molecule has 0 heterocycles. The Hall–Kier alpha value is -3.25. The Balaban J connectivity index is 1.92. The van der Waals surface area contributed by atoms with Crippen molar-refractivity contribution in [1.82, 2.24) is 0 Å². The van der Waals surface area contributed by atoms with Gasteiger partial charge in [0.2, 0.25) is 0 Å². The van der Waals surface area contributed by atoms with Crippen LogP contribution in [-0.4, -0.2) is 0 Å². The van der Waals surface area contributed by atoms with Gasteiger partial charge in [0.05, 0.1) is 0 Å². The van der Waals surface area contributed by atoms with Crippen molar-refractivity contribution in [3.63, 3.8) is 0 Å². The second-order valence-electron chi connectivity index (χ2n) is 4.57. The molecule has 3 aromatic rings. The van der Waals surface area contributed by atoms with Crippen LogP contribution in [0.1, 0.15) is 5.56 Å². The Morgan fingerprint density at radius 3 is 1.45 bits per heavy atom. The smallest absolute Gasteiger partial charge is 0.149 e. The monoisotopic (exact) mass is 287 g/mol. The van der Waals surface area contributed by atoms with Gasteiger partial charge in [0.25, 0.3) is 0 Å². The van der Waals surface area contributed by atoms with Gasteiger partial charge in [-0.2, -0.15) is 5.26 Å². The predicted octanol–water partition coefficient (Wildman–Crippen LogP) is 5.14. The van der Waals surface area contributed by atoms with Gasteiger partial charge in [-0.05, 0) is 36.4 Å². The molecule has 106 valence electrons. The minimum absolute atomic E-state index is 0.371. The fourth-order valence-electron chi connectivity index (χ4n) is 2.02. The van der Waals surface area contributed by atoms with Crippen molar-refractivity contribution in [3.05, 3.63) is 84.4 Å². The number of ether oxygens (including phenoxy) is 2. The average molecular weight is 287 g/mol. The van der Waals surface area contributed by atoms with Crippen LogP contribution >= 0.6 is 0 Å². The summed E-state index contributed by atoms with van der Waals surface area (Å²) in [7, 11) is 0. The van der Waals surface area contributed by atoms with Crippen molar-refractivity contribution in [2.75, 3.05) is 0 Å². The van der Waals surface area contributed by atoms with Gasteiger partial charge >= 0.3 is 0 Å². The fourth-order valence-corrected chi connectivity index (χ4v) is 2.02. The summed E-state index contributed by atoms with van der Waals surface area (Å²) in [6.45, 7) is 0. The topological polar surface area (TPSA) is 42.2 Å². The molecule has 0 atom stereocenters. The molecule has 3 heteroatoms. The number of benzene rings is 3. The summed E-state index contributed by atoms with van der Waals surface area (Å²) < 4.78 is 11.6. The highest BCUT2D eigenvalue weighted by Gasteiger charge is 2.12. The van der Waals surface area contributed by atoms with Crippen LogP contribution in [0.15, 0.2) is 78.9 Å². The molecule has 0 amide bonds. The molecular formula is C19H13NO2. The Morgan fingerprint density at radius 1 is 0.591 bits per heavy atom. The van der Waals surface area contributed by atoms with Crippen molar-refractivity contribution >= 4 is 0 Å². The summed E-state index contributed by atoms with van der Waals surface area (Å²) in [6, 6.07) is 26.2. The van der Waals surface area contributed by atoms with Crippen LogP contribution in [0, 0.1) is 11.3 Å². The molecule has 0 aliphatic rings. The van der Waals surface area contributed by atoms with Crippen molar-refractivity contribution < 1.29 is 9.47 Å². The lowest BCUT2D eigenvalue weighted by molar-refractivity contribution is 0.457. The minimum atomic E-state index is 0.371. The molecule has 22 heavy (non-hydrogen) atoms. The maximum absolute atomic E-state index is 9.45. The highest BCUT2D eigenvalue weighted by molar-refractivity contribution is 5.55. The Labute approximate surface area is 129 Å². The molecule has 0 aromatic heterocycles. The van der Waals surface area contributed by atoms with Crippen molar-refractivity contribution in [2.24, 2.45) is 0 Å². The van der Waals surface area contributed by atoms with E-state index in [1.54, 1.807) is 18.2 Å². The summed E-state index contributed by atoms with van der Waals surface area (Å²) >= 11 is 0. The SMILES string of the molecule is N#Cc1c(Oc2ccccc2)cccc1Oc1ccccc1. The maximum atomic E-state index is 9.45. The Kier molecular flexibility index (Phi) is 4.03. The number of hydrogen-bond acceptors (Lipinski definition) is 3. The van der Waals surface area contributed by atoms with Gasteiger partial charge in [-0.15, -0.1) is 0 Å². The summed E-state index contributed by atoms with van der Waals surface area (Å²) in [5.41, 5.74) is 0.371. The number of hydrogen-bond donors (Lipinski definition) is 0. The molecule has 0 spiro atoms. The Morgan fingerprint density at radius 2 is 1.05 bits per heavy atom. The van der Waals surface area contributed by atoms with Gasteiger partial charge in [-0.1, -0.05) is 42.5 Å². The highest BCUT2D eigenvalue weighted by atomic mass is 16.5. The summed E-state index contributed by atoms with van der Waals surface area (Å²) in [6.07, 6.45) is 0. The third-order valence-electron chi connectivity index (χ3n) is 3.04. The molecule has 3 aromatic carbocycles. The van der Waals surface area contributed by atoms with E-state index in [0.717, 1.165) is 0 Å². The van der Waals surface area contributed by atoms with Crippen LogP contribution in [0.25, 0.3) is 0 Å². The lowest BCUT2D eigenvalue weighted by atomic mass is 10.2. The standard InChI is InChI=1S/C19H13NO2/c20-14-17-18(21-15-8-3-1-4-9-15)12-7-13-19(17)22-16-10-5-2-6-11-16/h1-13H. The minimum Gasteiger partial charge on any atom is -0.456 e. The summed E-state index contributed by atoms with van der Waals surface area (Å²) in [4.78, 5) is 0. The number of nitriles is 1. The first-order valence-corrected chi connectivity index (χ1v) is 6.86. The van der Waals surface area contributed by atoms with E-state index in [4.69, 9.17) is 9.47 Å². The quantitative estimate of drug-likeness (QED) is 0.667. The van der Waals surface area contributed by atoms with Gasteiger partial charge in [-0.25, -0.2) is 0 Å². The third-order valence-corrected chi connectivity index (χ3v) is 3.04. The lowest BCUT2D eigenvalue weighted by Gasteiger charge is -2.11. The Bertz CT molecular complexity index is 733. The summed E-state index contributed by atoms with van der Waals surface area (Å²) in [5.74, 6) is 2.30. The maximum Gasteiger partial charge on any atom is 0.149 e. The van der Waals surface area contributed by atoms with Crippen LogP contribution in [0.5, 0.6) is 23.0 Å². The van der Waals surface area contributed by atoms with E-state index in [2.05, 4.69) is 6.07 Å². The first-order chi connectivity index (χ1) is 10.9. The zero-order valence-corrected chi connectivity index (χ0v) is 11.8. The lowest BCUT2D eigenvalue weighted by Crippen LogP contribution is -1.92. The molecule has 0 aliphatic carbocycles. The number of para-hydroxylation sites is 2. The van der Waals surface area contributed by atoms with Crippen molar-refractivity contribution in [2.45, 2.75) is 0 Å². The van der Waals surface area contributed by atoms with Gasteiger partial charge in [0.1, 0.15) is 34.6 Å². The molecule has 0 unspecified atom stereocenters. The highest BCUT2D eigenvalue weighted by Crippen LogP contribution is 2.33. The zero-order valence-electron chi connectivity index (χ0n) is 11.8. The van der Waals surface area contributed by atoms with Gasteiger partial charge in [-0.3, -0.25) is 0 Å². The van der Waals surface area contributed by atoms with Gasteiger partial charge < -0.3 is 9.47 Å². The molecule has 0 N–H and O–H groups in total. The molecule has 0 bridgehead atoms. The van der Waals surface area contributed by atoms with E-state index in [9.17, 15) is 5.26 Å². The van der Waals surface area contributed by atoms with E-state index >= 15 is 0 Å². The third kappa shape index (κ3) is 3.08. The molecular weight excluding hydrogens is 274 g/mol. The van der Waals surface area contributed by atoms with Crippen LogP contribution in [0.4, 0.5) is 0 Å². The van der Waals surface area contributed by atoms with E-state index in [1.807, 2.05) is 60.7 Å². The van der Waals surface area contributed by atoms with Crippen LogP contribution in [0.3, 0.4) is 0 Å². The van der Waals surface area contributed by atoms with Crippen molar-refractivity contribution in [3.8, 4) is 29.1 Å². The van der Waals surface area contributed by atoms with E-state index in [-0.39, 0.29) is 0 Å². The van der Waals surface area contributed by atoms with E-state index < -0.39 is 0 Å². The molecule has 0 saturated carbocycles. The number of nitrogens with zero attached hydrogens (tertiary/aromatic N) is 1. The number of rotatable bonds is 4. The zero-order chi connectivity index (χ0) is 15.2. The first kappa shape index (κ1) is 13.7. The normalized spacial score (nSPS) is 9.77. The summed E-state index contributed by atoms with van der Waals surface area (Å²) in [5, 5.41) is 9.45. The fraction of sp³-hybridized carbons (Fsp3) is 0. The average Bonchev–Trinajstić information content (AvgIpc) is 2.57. The van der Waals surface area contributed by atoms with E-state index in [0.29, 0.717) is 28.6 Å². The van der Waals surface area contributed by atoms with Gasteiger partial charge in [0, 0.05) is 0 Å². The first-order valence-electron chi connectivity index (χ1n) is 6.86. The molecule has 3 rings (SSSR count). The van der Waals surface area contributed by atoms with Gasteiger partial charge in [0.15, 0.2) is 0 Å². The van der Waals surface area contributed by atoms with Crippen molar-refractivity contribution in [1.29, 1.82) is 5.26 Å². The second kappa shape index (κ2) is 6.47. The molecule has 0 saturated heterocycles. The second-order valence-corrected chi connectivity index (χ2v) is 4.57. The van der Waals surface area contributed by atoms with E-state index in [1.165, 1.54) is 0 Å². The predicted molar refractivity (Wildman–Crippen MR) is 84.2 cm³/mol. The molecule has 3 nitrogen and oxygen atoms in total. The molecule has 0 aliphatic heterocycles. The molecule has 0 radical (unpaired) electrons.